The van der Waals surface area contributed by atoms with Gasteiger partial charge in [-0.2, -0.15) is 0 Å². The van der Waals surface area contributed by atoms with E-state index >= 15 is 0 Å². The molecule has 0 radical (unpaired) electrons. The van der Waals surface area contributed by atoms with Gasteiger partial charge < -0.3 is 15.3 Å². The third kappa shape index (κ3) is 6.49. The Hall–Kier alpha value is -3.22. The van der Waals surface area contributed by atoms with E-state index in [1.807, 2.05) is 37.3 Å². The molecule has 1 saturated heterocycles. The van der Waals surface area contributed by atoms with E-state index in [1.54, 1.807) is 12.1 Å². The summed E-state index contributed by atoms with van der Waals surface area (Å²) < 4.78 is 0. The fourth-order valence-corrected chi connectivity index (χ4v) is 15.2. The number of rotatable bonds is 9. The van der Waals surface area contributed by atoms with Crippen molar-refractivity contribution in [1.82, 2.24) is 15.1 Å². The van der Waals surface area contributed by atoms with Crippen LogP contribution in [0.5, 0.6) is 0 Å². The molecule has 0 bridgehead atoms. The van der Waals surface area contributed by atoms with Gasteiger partial charge in [0.2, 0.25) is 5.91 Å². The quantitative estimate of drug-likeness (QED) is 0.248. The maximum Gasteiger partial charge on any atom is 0.335 e. The molecule has 8 rings (SSSR count). The first-order chi connectivity index (χ1) is 27.1. The van der Waals surface area contributed by atoms with Crippen molar-refractivity contribution < 1.29 is 14.7 Å². The van der Waals surface area contributed by atoms with Crippen LogP contribution in [0.1, 0.15) is 134 Å². The Bertz CT molecular complexity index is 1880. The smallest absolute Gasteiger partial charge is 0.335 e. The standard InChI is InChI=1S/C51H71N3O3/c1-34(2)39-20-25-51(52-28-29-53-30-32-54(33-31-53)45(55)35(3)36-12-10-9-11-13-36)27-26-49(7)41(44(39)51)18-19-43-48(6)23-21-40(37-14-16-38(17-15-37)46(56)57)47(4,5)42(48)22-24-50(43,49)8/h9-17,21,35,39,41-44,52H,1,18-20,22-33H2,2-8H3,(H,56,57)/t35?,39-,41+,42-,43+,44+,48-,49+,50+,51-/m0/s1. The van der Waals surface area contributed by atoms with E-state index in [0.717, 1.165) is 51.3 Å². The summed E-state index contributed by atoms with van der Waals surface area (Å²) in [5, 5.41) is 13.9. The summed E-state index contributed by atoms with van der Waals surface area (Å²) in [6.07, 6.45) is 13.9. The Morgan fingerprint density at radius 3 is 2.21 bits per heavy atom. The SMILES string of the molecule is C=C(C)[C@@H]1CC[C@]2(NCCN3CCN(C(=O)C(C)c4ccccc4)CC3)CC[C@]3(C)[C@H](CC[C@@H]4[C@@]5(C)CC=C(c6ccc(C(=O)O)cc6)C(C)(C)[C@@H]5CC[C@]43C)[C@@H]12. The molecule has 6 heteroatoms. The van der Waals surface area contributed by atoms with Crippen LogP contribution >= 0.6 is 0 Å². The average Bonchev–Trinajstić information content (AvgIpc) is 3.58. The highest BCUT2D eigenvalue weighted by atomic mass is 16.4. The number of benzene rings is 2. The summed E-state index contributed by atoms with van der Waals surface area (Å²) in [4.78, 5) is 29.6. The minimum Gasteiger partial charge on any atom is -0.478 e. The molecule has 0 spiro atoms. The van der Waals surface area contributed by atoms with Gasteiger partial charge in [-0.3, -0.25) is 9.69 Å². The second kappa shape index (κ2) is 14.8. The van der Waals surface area contributed by atoms with Gasteiger partial charge in [0.05, 0.1) is 11.5 Å². The number of carboxylic acids is 1. The van der Waals surface area contributed by atoms with Crippen LogP contribution in [0.3, 0.4) is 0 Å². The van der Waals surface area contributed by atoms with Crippen LogP contribution in [0.15, 0.2) is 72.8 Å². The van der Waals surface area contributed by atoms with E-state index in [2.05, 4.69) is 81.4 Å². The Morgan fingerprint density at radius 1 is 0.842 bits per heavy atom. The molecular formula is C51H71N3O3. The molecule has 1 unspecified atom stereocenters. The Balaban J connectivity index is 0.964. The highest BCUT2D eigenvalue weighted by molar-refractivity contribution is 5.88. The molecule has 2 N–H and O–H groups in total. The average molecular weight is 774 g/mol. The van der Waals surface area contributed by atoms with E-state index < -0.39 is 5.97 Å². The van der Waals surface area contributed by atoms with E-state index in [4.69, 9.17) is 0 Å². The number of allylic oxidation sites excluding steroid dienone is 3. The molecule has 1 aliphatic heterocycles. The predicted molar refractivity (Wildman–Crippen MR) is 232 cm³/mol. The summed E-state index contributed by atoms with van der Waals surface area (Å²) in [6.45, 7) is 27.7. The first-order valence-corrected chi connectivity index (χ1v) is 22.6. The summed E-state index contributed by atoms with van der Waals surface area (Å²) in [5.41, 5.74) is 6.46. The van der Waals surface area contributed by atoms with Crippen molar-refractivity contribution in [1.29, 1.82) is 0 Å². The predicted octanol–water partition coefficient (Wildman–Crippen LogP) is 10.3. The maximum atomic E-state index is 13.4. The van der Waals surface area contributed by atoms with Crippen LogP contribution in [-0.2, 0) is 4.79 Å². The topological polar surface area (TPSA) is 72.9 Å². The molecule has 6 nitrogen and oxygen atoms in total. The third-order valence-electron chi connectivity index (χ3n) is 18.3. The highest BCUT2D eigenvalue weighted by Crippen LogP contribution is 2.76. The lowest BCUT2D eigenvalue weighted by atomic mass is 9.33. The van der Waals surface area contributed by atoms with Crippen molar-refractivity contribution in [2.75, 3.05) is 39.3 Å². The van der Waals surface area contributed by atoms with Crippen molar-refractivity contribution in [2.45, 2.75) is 118 Å². The van der Waals surface area contributed by atoms with E-state index in [9.17, 15) is 14.7 Å². The first-order valence-electron chi connectivity index (χ1n) is 22.6. The number of aromatic carboxylic acids is 1. The number of nitrogens with one attached hydrogen (secondary N) is 1. The molecule has 1 heterocycles. The lowest BCUT2D eigenvalue weighted by Gasteiger charge is -2.72. The van der Waals surface area contributed by atoms with Gasteiger partial charge in [0.15, 0.2) is 0 Å². The van der Waals surface area contributed by atoms with Crippen LogP contribution in [0.25, 0.3) is 5.57 Å². The Morgan fingerprint density at radius 2 is 1.54 bits per heavy atom. The lowest BCUT2D eigenvalue weighted by Crippen LogP contribution is -2.68. The molecule has 2 aromatic rings. The Labute approximate surface area is 343 Å². The molecule has 0 aromatic heterocycles. The van der Waals surface area contributed by atoms with Crippen molar-refractivity contribution in [3.8, 4) is 0 Å². The molecule has 5 aliphatic carbocycles. The van der Waals surface area contributed by atoms with Gasteiger partial charge >= 0.3 is 5.97 Å². The van der Waals surface area contributed by atoms with Gasteiger partial charge in [0.25, 0.3) is 0 Å². The van der Waals surface area contributed by atoms with E-state index in [0.29, 0.717) is 40.6 Å². The van der Waals surface area contributed by atoms with Crippen molar-refractivity contribution in [2.24, 2.45) is 51.2 Å². The third-order valence-corrected chi connectivity index (χ3v) is 18.3. The molecule has 57 heavy (non-hydrogen) atoms. The van der Waals surface area contributed by atoms with Crippen LogP contribution < -0.4 is 5.32 Å². The fourth-order valence-electron chi connectivity index (χ4n) is 15.2. The Kier molecular flexibility index (Phi) is 10.5. The monoisotopic (exact) mass is 774 g/mol. The zero-order chi connectivity index (χ0) is 40.5. The summed E-state index contributed by atoms with van der Waals surface area (Å²) in [6, 6.07) is 17.8. The number of hydrogen-bond donors (Lipinski definition) is 2. The summed E-state index contributed by atoms with van der Waals surface area (Å²) in [7, 11) is 0. The second-order valence-electron chi connectivity index (χ2n) is 21.0. The first kappa shape index (κ1) is 40.6. The molecule has 5 fully saturated rings. The van der Waals surface area contributed by atoms with Crippen LogP contribution in [0.2, 0.25) is 0 Å². The van der Waals surface area contributed by atoms with Crippen molar-refractivity contribution in [3.63, 3.8) is 0 Å². The number of nitrogens with zero attached hydrogens (tertiary/aromatic N) is 2. The molecule has 308 valence electrons. The number of hydrogen-bond acceptors (Lipinski definition) is 4. The van der Waals surface area contributed by atoms with Crippen LogP contribution in [0.4, 0.5) is 0 Å². The molecule has 2 aromatic carbocycles. The zero-order valence-corrected chi connectivity index (χ0v) is 36.2. The molecular weight excluding hydrogens is 703 g/mol. The van der Waals surface area contributed by atoms with Crippen molar-refractivity contribution in [3.05, 3.63) is 89.5 Å². The number of fused-ring (bicyclic) bond motifs is 7. The number of carbonyl (C=O) groups is 2. The summed E-state index contributed by atoms with van der Waals surface area (Å²) >= 11 is 0. The van der Waals surface area contributed by atoms with E-state index in [-0.39, 0.29) is 33.6 Å². The van der Waals surface area contributed by atoms with E-state index in [1.165, 1.54) is 68.1 Å². The fraction of sp³-hybridized carbons (Fsp3) is 0.647. The van der Waals surface area contributed by atoms with Gasteiger partial charge in [-0.1, -0.05) is 95.3 Å². The number of piperazine rings is 1. The zero-order valence-electron chi connectivity index (χ0n) is 36.2. The van der Waals surface area contributed by atoms with Crippen LogP contribution in [0, 0.1) is 51.2 Å². The highest BCUT2D eigenvalue weighted by Gasteiger charge is 2.70. The number of carbonyl (C=O) groups excluding carboxylic acids is 1. The minimum absolute atomic E-state index is 0.0156. The van der Waals surface area contributed by atoms with Gasteiger partial charge in [-0.05, 0) is 152 Å². The van der Waals surface area contributed by atoms with Crippen molar-refractivity contribution >= 4 is 17.4 Å². The lowest BCUT2D eigenvalue weighted by molar-refractivity contribution is -0.219. The van der Waals surface area contributed by atoms with Gasteiger partial charge in [0, 0.05) is 44.8 Å². The van der Waals surface area contributed by atoms with Crippen LogP contribution in [-0.4, -0.2) is 71.6 Å². The molecule has 6 aliphatic rings. The number of amides is 1. The molecule has 10 atom stereocenters. The van der Waals surface area contributed by atoms with Gasteiger partial charge in [-0.25, -0.2) is 4.79 Å². The minimum atomic E-state index is -0.863. The van der Waals surface area contributed by atoms with Gasteiger partial charge in [0.1, 0.15) is 0 Å². The second-order valence-corrected chi connectivity index (χ2v) is 21.0. The number of carboxylic acid groups (broad SMARTS) is 1. The normalized spacial score (nSPS) is 37.8. The van der Waals surface area contributed by atoms with Gasteiger partial charge in [-0.15, -0.1) is 0 Å². The largest absolute Gasteiger partial charge is 0.478 e. The summed E-state index contributed by atoms with van der Waals surface area (Å²) in [5.74, 6) is 2.49. The molecule has 1 amide bonds. The maximum absolute atomic E-state index is 13.4. The molecule has 4 saturated carbocycles.